The van der Waals surface area contributed by atoms with Crippen LogP contribution in [0.5, 0.6) is 0 Å². The first-order valence-electron chi connectivity index (χ1n) is 7.66. The first-order valence-corrected chi connectivity index (χ1v) is 7.66. The smallest absolute Gasteiger partial charge is 0.410 e. The molecule has 2 atom stereocenters. The van der Waals surface area contributed by atoms with Crippen LogP contribution in [0.4, 0.5) is 4.79 Å². The summed E-state index contributed by atoms with van der Waals surface area (Å²) in [4.78, 5) is 13.9. The molecule has 20 heavy (non-hydrogen) atoms. The van der Waals surface area contributed by atoms with E-state index >= 15 is 0 Å². The van der Waals surface area contributed by atoms with E-state index in [0.29, 0.717) is 18.6 Å². The molecule has 1 fully saturated rings. The van der Waals surface area contributed by atoms with Gasteiger partial charge < -0.3 is 19.7 Å². The van der Waals surface area contributed by atoms with Crippen molar-refractivity contribution in [3.8, 4) is 0 Å². The topological polar surface area (TPSA) is 50.8 Å². The molecule has 5 heteroatoms. The second-order valence-corrected chi connectivity index (χ2v) is 6.30. The normalized spacial score (nSPS) is 21.1. The summed E-state index contributed by atoms with van der Waals surface area (Å²) in [6.45, 7) is 13.7. The van der Waals surface area contributed by atoms with Gasteiger partial charge in [0.15, 0.2) is 0 Å². The van der Waals surface area contributed by atoms with Crippen LogP contribution in [0.25, 0.3) is 0 Å². The van der Waals surface area contributed by atoms with E-state index in [9.17, 15) is 4.79 Å². The lowest BCUT2D eigenvalue weighted by atomic mass is 9.99. The zero-order valence-electron chi connectivity index (χ0n) is 13.6. The Kier molecular flexibility index (Phi) is 6.76. The van der Waals surface area contributed by atoms with E-state index in [1.54, 1.807) is 0 Å². The van der Waals surface area contributed by atoms with Crippen LogP contribution in [0.2, 0.25) is 0 Å². The Hall–Kier alpha value is -0.810. The first-order chi connectivity index (χ1) is 9.37. The number of likely N-dealkylation sites (N-methyl/N-ethyl adjacent to an activating group) is 1. The van der Waals surface area contributed by atoms with Crippen molar-refractivity contribution in [3.05, 3.63) is 0 Å². The third-order valence-corrected chi connectivity index (χ3v) is 3.41. The highest BCUT2D eigenvalue weighted by Crippen LogP contribution is 2.22. The van der Waals surface area contributed by atoms with Gasteiger partial charge in [-0.2, -0.15) is 0 Å². The lowest BCUT2D eigenvalue weighted by molar-refractivity contribution is 0.0278. The maximum atomic E-state index is 12.1. The van der Waals surface area contributed by atoms with Gasteiger partial charge in [-0.1, -0.05) is 6.92 Å². The summed E-state index contributed by atoms with van der Waals surface area (Å²) in [6.07, 6.45) is 0.802. The van der Waals surface area contributed by atoms with Gasteiger partial charge in [0.2, 0.25) is 0 Å². The summed E-state index contributed by atoms with van der Waals surface area (Å²) in [5.74, 6) is 0.439. The van der Waals surface area contributed by atoms with E-state index in [1.807, 2.05) is 32.6 Å². The monoisotopic (exact) mass is 286 g/mol. The van der Waals surface area contributed by atoms with Crippen LogP contribution in [-0.4, -0.2) is 55.5 Å². The number of nitrogens with zero attached hydrogens (tertiary/aromatic N) is 1. The zero-order valence-corrected chi connectivity index (χ0v) is 13.6. The number of ether oxygens (including phenoxy) is 2. The molecule has 118 valence electrons. The lowest BCUT2D eigenvalue weighted by Gasteiger charge is -2.26. The summed E-state index contributed by atoms with van der Waals surface area (Å²) in [5, 5.41) is 3.46. The van der Waals surface area contributed by atoms with Crippen molar-refractivity contribution >= 4 is 6.09 Å². The van der Waals surface area contributed by atoms with Crippen molar-refractivity contribution in [1.82, 2.24) is 10.2 Å². The van der Waals surface area contributed by atoms with Crippen LogP contribution in [0.1, 0.15) is 41.0 Å². The highest BCUT2D eigenvalue weighted by Gasteiger charge is 2.33. The second-order valence-electron chi connectivity index (χ2n) is 6.30. The predicted octanol–water partition coefficient (Wildman–Crippen LogP) is 2.26. The van der Waals surface area contributed by atoms with Crippen LogP contribution in [0.15, 0.2) is 0 Å². The van der Waals surface area contributed by atoms with Crippen LogP contribution in [-0.2, 0) is 9.47 Å². The minimum Gasteiger partial charge on any atom is -0.444 e. The molecular formula is C15H30N2O3. The molecule has 0 bridgehead atoms. The number of nitrogens with one attached hydrogen (secondary N) is 1. The Morgan fingerprint density at radius 1 is 1.40 bits per heavy atom. The molecule has 0 aromatic carbocycles. The molecule has 1 aliphatic rings. The lowest BCUT2D eigenvalue weighted by Crippen LogP contribution is -2.42. The van der Waals surface area contributed by atoms with E-state index in [-0.39, 0.29) is 6.09 Å². The van der Waals surface area contributed by atoms with Crippen LogP contribution in [0, 0.1) is 5.92 Å². The molecule has 1 aliphatic heterocycles. The van der Waals surface area contributed by atoms with Gasteiger partial charge in [0, 0.05) is 25.7 Å². The highest BCUT2D eigenvalue weighted by molar-refractivity contribution is 5.68. The van der Waals surface area contributed by atoms with Crippen molar-refractivity contribution < 1.29 is 14.3 Å². The third-order valence-electron chi connectivity index (χ3n) is 3.41. The fourth-order valence-electron chi connectivity index (χ4n) is 2.48. The summed E-state index contributed by atoms with van der Waals surface area (Å²) in [7, 11) is 0. The van der Waals surface area contributed by atoms with Gasteiger partial charge in [0.1, 0.15) is 5.60 Å². The Morgan fingerprint density at radius 3 is 2.65 bits per heavy atom. The number of likely N-dealkylation sites (tertiary alicyclic amines) is 1. The molecule has 0 spiro atoms. The fraction of sp³-hybridized carbons (Fsp3) is 0.933. The molecule has 1 saturated heterocycles. The van der Waals surface area contributed by atoms with E-state index in [2.05, 4.69) is 12.2 Å². The predicted molar refractivity (Wildman–Crippen MR) is 79.9 cm³/mol. The SMILES string of the molecule is CCNC(COCC)C1CCN(C(=O)OC(C)(C)C)C1. The molecule has 2 unspecified atom stereocenters. The van der Waals surface area contributed by atoms with Gasteiger partial charge in [-0.15, -0.1) is 0 Å². The molecule has 1 heterocycles. The summed E-state index contributed by atoms with van der Waals surface area (Å²) in [6, 6.07) is 0.312. The summed E-state index contributed by atoms with van der Waals surface area (Å²) in [5.41, 5.74) is -0.429. The standard InChI is InChI=1S/C15H30N2O3/c1-6-16-13(11-19-7-2)12-8-9-17(10-12)14(18)20-15(3,4)5/h12-13,16H,6-11H2,1-5H3. The largest absolute Gasteiger partial charge is 0.444 e. The molecule has 1 amide bonds. The Balaban J connectivity index is 2.49. The van der Waals surface area contributed by atoms with Crippen LogP contribution >= 0.6 is 0 Å². The van der Waals surface area contributed by atoms with E-state index < -0.39 is 5.60 Å². The molecule has 0 aliphatic carbocycles. The van der Waals surface area contributed by atoms with Crippen LogP contribution < -0.4 is 5.32 Å². The Labute approximate surface area is 123 Å². The van der Waals surface area contributed by atoms with E-state index in [1.165, 1.54) is 0 Å². The van der Waals surface area contributed by atoms with Crippen molar-refractivity contribution in [2.24, 2.45) is 5.92 Å². The first kappa shape index (κ1) is 17.2. The quantitative estimate of drug-likeness (QED) is 0.813. The zero-order chi connectivity index (χ0) is 15.2. The average Bonchev–Trinajstić information content (AvgIpc) is 2.82. The molecule has 0 radical (unpaired) electrons. The highest BCUT2D eigenvalue weighted by atomic mass is 16.6. The van der Waals surface area contributed by atoms with Crippen molar-refractivity contribution in [3.63, 3.8) is 0 Å². The maximum Gasteiger partial charge on any atom is 0.410 e. The molecule has 0 saturated carbocycles. The molecule has 0 aromatic rings. The van der Waals surface area contributed by atoms with Gasteiger partial charge in [0.25, 0.3) is 0 Å². The van der Waals surface area contributed by atoms with Gasteiger partial charge >= 0.3 is 6.09 Å². The van der Waals surface area contributed by atoms with Crippen molar-refractivity contribution in [2.75, 3.05) is 32.8 Å². The number of amides is 1. The Morgan fingerprint density at radius 2 is 2.10 bits per heavy atom. The van der Waals surface area contributed by atoms with Crippen molar-refractivity contribution in [1.29, 1.82) is 0 Å². The molecule has 0 aromatic heterocycles. The molecule has 5 nitrogen and oxygen atoms in total. The third kappa shape index (κ3) is 5.67. The maximum absolute atomic E-state index is 12.1. The minimum atomic E-state index is -0.429. The van der Waals surface area contributed by atoms with Gasteiger partial charge in [-0.3, -0.25) is 0 Å². The van der Waals surface area contributed by atoms with E-state index in [0.717, 1.165) is 32.7 Å². The fourth-order valence-corrected chi connectivity index (χ4v) is 2.48. The van der Waals surface area contributed by atoms with Gasteiger partial charge in [0.05, 0.1) is 6.61 Å². The number of carbonyl (C=O) groups is 1. The van der Waals surface area contributed by atoms with Crippen molar-refractivity contribution in [2.45, 2.75) is 52.7 Å². The van der Waals surface area contributed by atoms with Crippen LogP contribution in [0.3, 0.4) is 0 Å². The average molecular weight is 286 g/mol. The summed E-state index contributed by atoms with van der Waals surface area (Å²) < 4.78 is 11.0. The molecule has 1 rings (SSSR count). The molecule has 1 N–H and O–H groups in total. The number of hydrogen-bond donors (Lipinski definition) is 1. The number of rotatable bonds is 6. The minimum absolute atomic E-state index is 0.202. The number of carbonyl (C=O) groups excluding carboxylic acids is 1. The molecular weight excluding hydrogens is 256 g/mol. The van der Waals surface area contributed by atoms with Gasteiger partial charge in [-0.05, 0) is 46.6 Å². The van der Waals surface area contributed by atoms with Gasteiger partial charge in [-0.25, -0.2) is 4.79 Å². The summed E-state index contributed by atoms with van der Waals surface area (Å²) >= 11 is 0. The number of hydrogen-bond acceptors (Lipinski definition) is 4. The van der Waals surface area contributed by atoms with E-state index in [4.69, 9.17) is 9.47 Å². The Bertz CT molecular complexity index is 302. The second kappa shape index (κ2) is 7.84.